The average molecular weight is 349 g/mol. The Labute approximate surface area is 153 Å². The molecule has 0 unspecified atom stereocenters. The normalized spacial score (nSPS) is 14.9. The summed E-state index contributed by atoms with van der Waals surface area (Å²) in [6.07, 6.45) is 6.85. The molecule has 134 valence electrons. The highest BCUT2D eigenvalue weighted by Crippen LogP contribution is 2.20. The number of para-hydroxylation sites is 1. The van der Waals surface area contributed by atoms with Crippen LogP contribution in [-0.2, 0) is 0 Å². The smallest absolute Gasteiger partial charge is 0.270 e. The molecule has 0 aliphatic heterocycles. The van der Waals surface area contributed by atoms with Gasteiger partial charge in [0, 0.05) is 12.1 Å². The number of hydrogen-bond acceptors (Lipinski definition) is 5. The Morgan fingerprint density at radius 3 is 2.62 bits per heavy atom. The number of anilines is 2. The van der Waals surface area contributed by atoms with Gasteiger partial charge in [-0.05, 0) is 31.9 Å². The first-order chi connectivity index (χ1) is 12.7. The van der Waals surface area contributed by atoms with Gasteiger partial charge in [-0.1, -0.05) is 37.8 Å². The molecule has 1 aromatic carbocycles. The summed E-state index contributed by atoms with van der Waals surface area (Å²) in [4.78, 5) is 21.2. The van der Waals surface area contributed by atoms with Gasteiger partial charge >= 0.3 is 0 Å². The van der Waals surface area contributed by atoms with E-state index >= 15 is 0 Å². The molecule has 1 amide bonds. The Hall–Kier alpha value is -2.94. The van der Waals surface area contributed by atoms with E-state index in [0.29, 0.717) is 28.6 Å². The van der Waals surface area contributed by atoms with Crippen molar-refractivity contribution in [3.8, 4) is 6.07 Å². The van der Waals surface area contributed by atoms with Gasteiger partial charge in [-0.25, -0.2) is 9.97 Å². The van der Waals surface area contributed by atoms with E-state index in [0.717, 1.165) is 25.7 Å². The zero-order valence-electron chi connectivity index (χ0n) is 15.0. The predicted octanol–water partition coefficient (Wildman–Crippen LogP) is 3.85. The fourth-order valence-electron chi connectivity index (χ4n) is 3.26. The maximum Gasteiger partial charge on any atom is 0.270 e. The molecular formula is C20H23N5O. The van der Waals surface area contributed by atoms with Crippen LogP contribution in [0, 0.1) is 18.3 Å². The maximum atomic E-state index is 12.6. The van der Waals surface area contributed by atoms with Crippen LogP contribution in [0.1, 0.15) is 60.4 Å². The molecule has 1 fully saturated rings. The van der Waals surface area contributed by atoms with Gasteiger partial charge < -0.3 is 10.6 Å². The number of aryl methyl sites for hydroxylation is 1. The molecular weight excluding hydrogens is 326 g/mol. The molecule has 1 aliphatic carbocycles. The molecule has 26 heavy (non-hydrogen) atoms. The fourth-order valence-corrected chi connectivity index (χ4v) is 3.26. The number of amides is 1. The van der Waals surface area contributed by atoms with E-state index < -0.39 is 0 Å². The standard InChI is InChI=1S/C20H23N5O/c1-14-22-18(20(26)24-16-9-4-2-3-5-10-16)12-19(23-14)25-17-11-7-6-8-15(17)13-21/h6-8,11-12,16H,2-5,9-10H2,1H3,(H,24,26)(H,22,23,25). The van der Waals surface area contributed by atoms with Gasteiger partial charge in [-0.15, -0.1) is 0 Å². The lowest BCUT2D eigenvalue weighted by Crippen LogP contribution is -2.35. The number of rotatable bonds is 4. The van der Waals surface area contributed by atoms with Crippen molar-refractivity contribution in [2.45, 2.75) is 51.5 Å². The van der Waals surface area contributed by atoms with Gasteiger partial charge in [0.25, 0.3) is 5.91 Å². The van der Waals surface area contributed by atoms with E-state index in [1.165, 1.54) is 12.8 Å². The lowest BCUT2D eigenvalue weighted by Gasteiger charge is -2.16. The number of nitrogens with zero attached hydrogens (tertiary/aromatic N) is 3. The summed E-state index contributed by atoms with van der Waals surface area (Å²) in [5.41, 5.74) is 1.52. The van der Waals surface area contributed by atoms with Gasteiger partial charge in [-0.2, -0.15) is 5.26 Å². The summed E-state index contributed by atoms with van der Waals surface area (Å²) in [6.45, 7) is 1.75. The number of hydrogen-bond donors (Lipinski definition) is 2. The van der Waals surface area contributed by atoms with Crippen molar-refractivity contribution in [3.63, 3.8) is 0 Å². The molecule has 0 atom stereocenters. The first-order valence-corrected chi connectivity index (χ1v) is 9.08. The van der Waals surface area contributed by atoms with E-state index in [1.54, 1.807) is 31.2 Å². The fraction of sp³-hybridized carbons (Fsp3) is 0.400. The zero-order chi connectivity index (χ0) is 18.4. The van der Waals surface area contributed by atoms with Crippen LogP contribution >= 0.6 is 0 Å². The van der Waals surface area contributed by atoms with Crippen LogP contribution in [-0.4, -0.2) is 21.9 Å². The average Bonchev–Trinajstić information content (AvgIpc) is 2.90. The molecule has 1 heterocycles. The largest absolute Gasteiger partial charge is 0.348 e. The Kier molecular flexibility index (Phi) is 5.80. The minimum atomic E-state index is -0.168. The maximum absolute atomic E-state index is 12.6. The van der Waals surface area contributed by atoms with Crippen molar-refractivity contribution >= 4 is 17.4 Å². The van der Waals surface area contributed by atoms with Crippen molar-refractivity contribution < 1.29 is 4.79 Å². The van der Waals surface area contributed by atoms with Crippen LogP contribution < -0.4 is 10.6 Å². The van der Waals surface area contributed by atoms with Gasteiger partial charge in [0.05, 0.1) is 11.3 Å². The van der Waals surface area contributed by atoms with Crippen molar-refractivity contribution in [2.75, 3.05) is 5.32 Å². The van der Waals surface area contributed by atoms with Gasteiger partial charge in [0.1, 0.15) is 23.4 Å². The van der Waals surface area contributed by atoms with Crippen LogP contribution in [0.4, 0.5) is 11.5 Å². The molecule has 0 bridgehead atoms. The Bertz CT molecular complexity index is 819. The van der Waals surface area contributed by atoms with Gasteiger partial charge in [0.15, 0.2) is 0 Å². The summed E-state index contributed by atoms with van der Waals surface area (Å²) in [5, 5.41) is 15.4. The molecule has 2 N–H and O–H groups in total. The number of aromatic nitrogens is 2. The monoisotopic (exact) mass is 349 g/mol. The third-order valence-electron chi connectivity index (χ3n) is 4.57. The van der Waals surface area contributed by atoms with E-state index in [9.17, 15) is 10.1 Å². The van der Waals surface area contributed by atoms with E-state index in [-0.39, 0.29) is 11.9 Å². The highest BCUT2D eigenvalue weighted by atomic mass is 16.1. The first-order valence-electron chi connectivity index (χ1n) is 9.08. The molecule has 6 nitrogen and oxygen atoms in total. The van der Waals surface area contributed by atoms with Crippen molar-refractivity contribution in [2.24, 2.45) is 0 Å². The molecule has 6 heteroatoms. The lowest BCUT2D eigenvalue weighted by atomic mass is 10.1. The molecule has 0 radical (unpaired) electrons. The minimum Gasteiger partial charge on any atom is -0.348 e. The molecule has 2 aromatic rings. The van der Waals surface area contributed by atoms with Gasteiger partial charge in [0.2, 0.25) is 0 Å². The summed E-state index contributed by atoms with van der Waals surface area (Å²) in [7, 11) is 0. The van der Waals surface area contributed by atoms with E-state index in [2.05, 4.69) is 26.7 Å². The predicted molar refractivity (Wildman–Crippen MR) is 100 cm³/mol. The third kappa shape index (κ3) is 4.57. The number of nitrogens with one attached hydrogen (secondary N) is 2. The van der Waals surface area contributed by atoms with E-state index in [1.807, 2.05) is 6.07 Å². The Morgan fingerprint density at radius 1 is 1.15 bits per heavy atom. The van der Waals surface area contributed by atoms with Crippen molar-refractivity contribution in [1.82, 2.24) is 15.3 Å². The third-order valence-corrected chi connectivity index (χ3v) is 4.57. The number of carbonyl (C=O) groups is 1. The number of benzene rings is 1. The van der Waals surface area contributed by atoms with Crippen LogP contribution in [0.15, 0.2) is 30.3 Å². The number of nitriles is 1. The second kappa shape index (κ2) is 8.43. The molecule has 1 aromatic heterocycles. The van der Waals surface area contributed by atoms with Gasteiger partial charge in [-0.3, -0.25) is 4.79 Å². The Balaban J connectivity index is 1.76. The highest BCUT2D eigenvalue weighted by molar-refractivity contribution is 5.93. The van der Waals surface area contributed by atoms with Crippen molar-refractivity contribution in [3.05, 3.63) is 47.4 Å². The highest BCUT2D eigenvalue weighted by Gasteiger charge is 2.18. The molecule has 1 aliphatic rings. The number of carbonyl (C=O) groups excluding carboxylic acids is 1. The molecule has 3 rings (SSSR count). The summed E-state index contributed by atoms with van der Waals surface area (Å²) in [5.74, 6) is 0.848. The lowest BCUT2D eigenvalue weighted by molar-refractivity contribution is 0.0928. The van der Waals surface area contributed by atoms with Crippen LogP contribution in [0.3, 0.4) is 0 Å². The SMILES string of the molecule is Cc1nc(Nc2ccccc2C#N)cc(C(=O)NC2CCCCCC2)n1. The first kappa shape index (κ1) is 17.9. The summed E-state index contributed by atoms with van der Waals surface area (Å²) in [6, 6.07) is 11.2. The molecule has 1 saturated carbocycles. The zero-order valence-corrected chi connectivity index (χ0v) is 15.0. The van der Waals surface area contributed by atoms with Crippen LogP contribution in [0.2, 0.25) is 0 Å². The van der Waals surface area contributed by atoms with E-state index in [4.69, 9.17) is 0 Å². The second-order valence-electron chi connectivity index (χ2n) is 6.63. The molecule has 0 spiro atoms. The minimum absolute atomic E-state index is 0.168. The summed E-state index contributed by atoms with van der Waals surface area (Å²) >= 11 is 0. The van der Waals surface area contributed by atoms with Crippen LogP contribution in [0.5, 0.6) is 0 Å². The van der Waals surface area contributed by atoms with Crippen molar-refractivity contribution in [1.29, 1.82) is 5.26 Å². The second-order valence-corrected chi connectivity index (χ2v) is 6.63. The quantitative estimate of drug-likeness (QED) is 0.818. The van der Waals surface area contributed by atoms with Crippen LogP contribution in [0.25, 0.3) is 0 Å². The topological polar surface area (TPSA) is 90.7 Å². The Morgan fingerprint density at radius 2 is 1.88 bits per heavy atom. The molecule has 0 saturated heterocycles. The summed E-state index contributed by atoms with van der Waals surface area (Å²) < 4.78 is 0.